The van der Waals surface area contributed by atoms with Gasteiger partial charge in [0.15, 0.2) is 5.75 Å². The number of benzene rings is 2. The third-order valence-corrected chi connectivity index (χ3v) is 4.59. The van der Waals surface area contributed by atoms with Gasteiger partial charge in [-0.3, -0.25) is 14.4 Å². The first-order valence-electron chi connectivity index (χ1n) is 9.04. The predicted octanol–water partition coefficient (Wildman–Crippen LogP) is 3.15. The molecule has 0 heterocycles. The molecule has 0 radical (unpaired) electrons. The van der Waals surface area contributed by atoms with Crippen LogP contribution in [0.15, 0.2) is 58.1 Å². The maximum atomic E-state index is 13.6. The fourth-order valence-corrected chi connectivity index (χ4v) is 2.99. The molecule has 31 heavy (non-hydrogen) atoms. The van der Waals surface area contributed by atoms with E-state index in [1.165, 1.54) is 61.5 Å². The lowest BCUT2D eigenvalue weighted by molar-refractivity contribution is -0.144. The lowest BCUT2D eigenvalue weighted by Gasteiger charge is -2.25. The van der Waals surface area contributed by atoms with Gasteiger partial charge in [0.1, 0.15) is 17.4 Å². The van der Waals surface area contributed by atoms with E-state index in [9.17, 15) is 32.7 Å². The van der Waals surface area contributed by atoms with Gasteiger partial charge in [-0.2, -0.15) is 13.2 Å². The summed E-state index contributed by atoms with van der Waals surface area (Å²) in [6.07, 6.45) is -4.75. The van der Waals surface area contributed by atoms with Crippen LogP contribution in [-0.4, -0.2) is 36.2 Å². The molecule has 1 unspecified atom stereocenters. The molecule has 0 bridgehead atoms. The maximum Gasteiger partial charge on any atom is 0.412 e. The Morgan fingerprint density at radius 1 is 0.968 bits per heavy atom. The van der Waals surface area contributed by atoms with Crippen LogP contribution in [0.2, 0.25) is 0 Å². The van der Waals surface area contributed by atoms with Crippen molar-refractivity contribution in [2.45, 2.75) is 12.2 Å². The second kappa shape index (κ2) is 8.13. The number of phenols is 1. The number of hydrogen-bond acceptors (Lipinski definition) is 6. The number of rotatable bonds is 6. The highest BCUT2D eigenvalue weighted by atomic mass is 19.4. The molecule has 0 saturated carbocycles. The molecule has 0 aliphatic rings. The summed E-state index contributed by atoms with van der Waals surface area (Å²) in [6, 6.07) is 8.72. The number of halogens is 3. The Hall–Kier alpha value is -3.82. The van der Waals surface area contributed by atoms with Crippen molar-refractivity contribution < 1.29 is 23.1 Å². The Labute approximate surface area is 174 Å². The maximum absolute atomic E-state index is 13.6. The molecule has 10 heteroatoms. The van der Waals surface area contributed by atoms with E-state index in [0.29, 0.717) is 0 Å². The van der Waals surface area contributed by atoms with Crippen LogP contribution in [0.5, 0.6) is 5.75 Å². The molecule has 0 spiro atoms. The van der Waals surface area contributed by atoms with Crippen molar-refractivity contribution in [2.24, 2.45) is 0 Å². The number of hydrogen-bond donors (Lipinski definition) is 3. The molecule has 3 N–H and O–H groups in total. The normalized spacial score (nSPS) is 12.4. The van der Waals surface area contributed by atoms with Crippen molar-refractivity contribution in [1.82, 2.24) is 4.90 Å². The van der Waals surface area contributed by atoms with Crippen molar-refractivity contribution in [3.8, 4) is 5.75 Å². The number of phenolic OH excluding ortho intramolecular Hbond substituents is 1. The van der Waals surface area contributed by atoms with Gasteiger partial charge >= 0.3 is 6.18 Å². The van der Waals surface area contributed by atoms with E-state index in [-0.39, 0.29) is 16.8 Å². The molecule has 3 rings (SSSR count). The molecule has 7 nitrogen and oxygen atoms in total. The molecule has 0 aromatic heterocycles. The van der Waals surface area contributed by atoms with Gasteiger partial charge in [-0.15, -0.1) is 0 Å². The molecule has 1 atom stereocenters. The summed E-state index contributed by atoms with van der Waals surface area (Å²) < 4.78 is 40.8. The van der Waals surface area contributed by atoms with Crippen LogP contribution in [0.25, 0.3) is 0 Å². The zero-order valence-corrected chi connectivity index (χ0v) is 16.4. The van der Waals surface area contributed by atoms with Gasteiger partial charge in [0.25, 0.3) is 16.8 Å². The Kier molecular flexibility index (Phi) is 5.74. The van der Waals surface area contributed by atoms with Crippen molar-refractivity contribution >= 4 is 23.0 Å². The number of carbonyl (C=O) groups is 1. The number of amides is 1. The summed E-state index contributed by atoms with van der Waals surface area (Å²) in [5, 5.41) is 15.0. The van der Waals surface area contributed by atoms with E-state index in [4.69, 9.17) is 0 Å². The number of alkyl halides is 3. The first-order valence-corrected chi connectivity index (χ1v) is 9.04. The number of nitrogens with one attached hydrogen (secondary N) is 2. The second-order valence-electron chi connectivity index (χ2n) is 6.96. The highest BCUT2D eigenvalue weighted by Crippen LogP contribution is 2.37. The van der Waals surface area contributed by atoms with Crippen LogP contribution < -0.4 is 21.5 Å². The van der Waals surface area contributed by atoms with E-state index in [2.05, 4.69) is 10.6 Å². The average molecular weight is 433 g/mol. The summed E-state index contributed by atoms with van der Waals surface area (Å²) in [7, 11) is 2.95. The number of para-hydroxylation sites is 1. The smallest absolute Gasteiger partial charge is 0.412 e. The Morgan fingerprint density at radius 2 is 1.58 bits per heavy atom. The molecule has 1 amide bonds. The molecule has 0 aliphatic carbocycles. The van der Waals surface area contributed by atoms with Gasteiger partial charge in [0, 0.05) is 14.1 Å². The molecule has 3 aromatic carbocycles. The van der Waals surface area contributed by atoms with Gasteiger partial charge in [-0.1, -0.05) is 36.4 Å². The molecule has 162 valence electrons. The van der Waals surface area contributed by atoms with E-state index in [0.717, 1.165) is 0 Å². The molecule has 0 aliphatic heterocycles. The van der Waals surface area contributed by atoms with E-state index >= 15 is 0 Å². The molecular weight excluding hydrogens is 415 g/mol. The monoisotopic (exact) mass is 433 g/mol. The molecule has 3 aromatic rings. The molecular formula is C21H18F3N3O4. The fourth-order valence-electron chi connectivity index (χ4n) is 2.99. The van der Waals surface area contributed by atoms with Crippen LogP contribution in [-0.2, 0) is 0 Å². The third-order valence-electron chi connectivity index (χ3n) is 4.59. The highest BCUT2D eigenvalue weighted by Gasteiger charge is 2.42. The fraction of sp³-hybridized carbons (Fsp3) is 0.190. The minimum atomic E-state index is -4.75. The first kappa shape index (κ1) is 21.9. The minimum Gasteiger partial charge on any atom is -0.505 e. The first-order chi connectivity index (χ1) is 14.5. The predicted molar refractivity (Wildman–Crippen MR) is 110 cm³/mol. The third kappa shape index (κ3) is 4.23. The van der Waals surface area contributed by atoms with Gasteiger partial charge < -0.3 is 20.6 Å². The van der Waals surface area contributed by atoms with E-state index < -0.39 is 46.1 Å². The number of carbonyl (C=O) groups excluding carboxylic acids is 1. The molecule has 0 saturated heterocycles. The Morgan fingerprint density at radius 3 is 2.16 bits per heavy atom. The number of anilines is 3. The van der Waals surface area contributed by atoms with Gasteiger partial charge in [0.05, 0.1) is 11.3 Å². The quantitative estimate of drug-likeness (QED) is 0.408. The summed E-state index contributed by atoms with van der Waals surface area (Å²) >= 11 is 0. The van der Waals surface area contributed by atoms with Crippen molar-refractivity contribution in [2.75, 3.05) is 24.7 Å². The second-order valence-corrected chi connectivity index (χ2v) is 6.96. The number of aromatic hydroxyl groups is 1. The minimum absolute atomic E-state index is 0.0827. The van der Waals surface area contributed by atoms with Crippen LogP contribution in [0, 0.1) is 0 Å². The van der Waals surface area contributed by atoms with Crippen LogP contribution in [0.4, 0.5) is 30.2 Å². The zero-order valence-electron chi connectivity index (χ0n) is 16.4. The lowest BCUT2D eigenvalue weighted by Crippen LogP contribution is -2.40. The van der Waals surface area contributed by atoms with Crippen LogP contribution >= 0.6 is 0 Å². The van der Waals surface area contributed by atoms with Gasteiger partial charge in [-0.25, -0.2) is 0 Å². The number of nitrogens with zero attached hydrogens (tertiary/aromatic N) is 1. The van der Waals surface area contributed by atoms with E-state index in [1.807, 2.05) is 0 Å². The highest BCUT2D eigenvalue weighted by molar-refractivity contribution is 5.99. The Balaban J connectivity index is 1.96. The van der Waals surface area contributed by atoms with Crippen molar-refractivity contribution in [1.29, 1.82) is 0 Å². The average Bonchev–Trinajstić information content (AvgIpc) is 2.73. The van der Waals surface area contributed by atoms with Crippen LogP contribution in [0.1, 0.15) is 22.0 Å². The zero-order chi connectivity index (χ0) is 22.9. The summed E-state index contributed by atoms with van der Waals surface area (Å²) in [6.45, 7) is 0. The molecule has 0 fully saturated rings. The summed E-state index contributed by atoms with van der Waals surface area (Å²) in [5.74, 6) is -1.03. The topological polar surface area (TPSA) is 98.7 Å². The van der Waals surface area contributed by atoms with Gasteiger partial charge in [-0.05, 0) is 17.7 Å². The SMILES string of the molecule is CN(C)C(=O)c1cccc(Nc2c(NC(c3ccccc3)C(F)(F)F)c(=O)c2=O)c1O. The lowest BCUT2D eigenvalue weighted by atomic mass is 10.0. The van der Waals surface area contributed by atoms with Crippen LogP contribution in [0.3, 0.4) is 0 Å². The van der Waals surface area contributed by atoms with Gasteiger partial charge in [0.2, 0.25) is 0 Å². The van der Waals surface area contributed by atoms with Crippen molar-refractivity contribution in [3.05, 3.63) is 80.1 Å². The standard InChI is InChI=1S/C21H18F3N3O4/c1-27(2)20(31)12-9-6-10-13(16(12)28)25-14-15(18(30)17(14)29)26-19(21(22,23)24)11-7-4-3-5-8-11/h3-10,19,25-26,28H,1-2H3. The summed E-state index contributed by atoms with van der Waals surface area (Å²) in [4.78, 5) is 37.4. The summed E-state index contributed by atoms with van der Waals surface area (Å²) in [5.41, 5.74) is -3.48. The Bertz CT molecular complexity index is 1180. The largest absolute Gasteiger partial charge is 0.505 e. The van der Waals surface area contributed by atoms with Crippen molar-refractivity contribution in [3.63, 3.8) is 0 Å². The van der Waals surface area contributed by atoms with E-state index in [1.54, 1.807) is 6.07 Å².